The number of likely N-dealkylation sites (tertiary alicyclic amines) is 1. The quantitative estimate of drug-likeness (QED) is 0.886. The number of aromatic hydroxyl groups is 1. The summed E-state index contributed by atoms with van der Waals surface area (Å²) in [7, 11) is 0. The smallest absolute Gasteiger partial charge is 0.255 e. The number of nitrogens with one attached hydrogen (secondary N) is 1. The molecule has 0 radical (unpaired) electrons. The van der Waals surface area contributed by atoms with Crippen LogP contribution in [0.4, 0.5) is 0 Å². The largest absolute Gasteiger partial charge is 0.507 e. The lowest BCUT2D eigenvalue weighted by molar-refractivity contribution is 0.0934. The van der Waals surface area contributed by atoms with Crippen LogP contribution in [-0.2, 0) is 0 Å². The number of para-hydroxylation sites is 1. The van der Waals surface area contributed by atoms with Gasteiger partial charge in [0.25, 0.3) is 5.91 Å². The number of carbonyl (C=O) groups is 1. The highest BCUT2D eigenvalue weighted by Crippen LogP contribution is 2.21. The number of hydrogen-bond donors (Lipinski definition) is 2. The molecular formula is C16H24N2O2. The Morgan fingerprint density at radius 2 is 2.10 bits per heavy atom. The maximum Gasteiger partial charge on any atom is 0.255 e. The average molecular weight is 276 g/mol. The molecule has 0 atom stereocenters. The number of phenols is 1. The molecule has 20 heavy (non-hydrogen) atoms. The van der Waals surface area contributed by atoms with Crippen molar-refractivity contribution >= 4 is 5.91 Å². The van der Waals surface area contributed by atoms with Gasteiger partial charge in [-0.3, -0.25) is 4.79 Å². The normalized spacial score (nSPS) is 17.1. The average Bonchev–Trinajstić information content (AvgIpc) is 2.48. The molecule has 0 bridgehead atoms. The minimum Gasteiger partial charge on any atom is -0.507 e. The van der Waals surface area contributed by atoms with Crippen molar-refractivity contribution in [3.63, 3.8) is 0 Å². The molecule has 2 rings (SSSR count). The molecule has 110 valence electrons. The number of amides is 1. The minimum absolute atomic E-state index is 0.0887. The summed E-state index contributed by atoms with van der Waals surface area (Å²) in [6.45, 7) is 8.02. The predicted molar refractivity (Wildman–Crippen MR) is 80.0 cm³/mol. The molecule has 1 aromatic carbocycles. The van der Waals surface area contributed by atoms with Gasteiger partial charge in [0, 0.05) is 6.54 Å². The molecule has 1 fully saturated rings. The Morgan fingerprint density at radius 3 is 2.75 bits per heavy atom. The van der Waals surface area contributed by atoms with Gasteiger partial charge in [-0.1, -0.05) is 19.1 Å². The van der Waals surface area contributed by atoms with Gasteiger partial charge >= 0.3 is 0 Å². The lowest BCUT2D eigenvalue weighted by Crippen LogP contribution is -2.38. The molecule has 1 aliphatic rings. The summed E-state index contributed by atoms with van der Waals surface area (Å²) < 4.78 is 0. The predicted octanol–water partition coefficient (Wildman–Crippen LogP) is 2.16. The van der Waals surface area contributed by atoms with Crippen molar-refractivity contribution in [1.29, 1.82) is 0 Å². The van der Waals surface area contributed by atoms with Gasteiger partial charge in [0.15, 0.2) is 0 Å². The van der Waals surface area contributed by atoms with Crippen LogP contribution in [-0.4, -0.2) is 42.1 Å². The maximum atomic E-state index is 12.1. The maximum absolute atomic E-state index is 12.1. The second kappa shape index (κ2) is 6.75. The van der Waals surface area contributed by atoms with Crippen molar-refractivity contribution < 1.29 is 9.90 Å². The number of piperidine rings is 1. The van der Waals surface area contributed by atoms with Crippen LogP contribution in [0.1, 0.15) is 35.7 Å². The molecule has 0 aliphatic carbocycles. The molecular weight excluding hydrogens is 252 g/mol. The number of hydrogen-bond acceptors (Lipinski definition) is 3. The van der Waals surface area contributed by atoms with Gasteiger partial charge in [0.05, 0.1) is 5.56 Å². The topological polar surface area (TPSA) is 52.6 Å². The highest BCUT2D eigenvalue weighted by Gasteiger charge is 2.19. The summed E-state index contributed by atoms with van der Waals surface area (Å²) in [5.41, 5.74) is 1.10. The first-order valence-electron chi connectivity index (χ1n) is 7.41. The monoisotopic (exact) mass is 276 g/mol. The van der Waals surface area contributed by atoms with E-state index in [0.717, 1.165) is 38.0 Å². The third kappa shape index (κ3) is 3.51. The molecule has 0 spiro atoms. The van der Waals surface area contributed by atoms with Gasteiger partial charge in [-0.05, 0) is 56.9 Å². The van der Waals surface area contributed by atoms with E-state index >= 15 is 0 Å². The summed E-state index contributed by atoms with van der Waals surface area (Å²) in [4.78, 5) is 14.5. The Balaban J connectivity index is 1.85. The van der Waals surface area contributed by atoms with Crippen LogP contribution in [0.5, 0.6) is 5.75 Å². The van der Waals surface area contributed by atoms with E-state index < -0.39 is 0 Å². The van der Waals surface area contributed by atoms with Crippen LogP contribution in [0.3, 0.4) is 0 Å². The van der Waals surface area contributed by atoms with Crippen LogP contribution in [0.25, 0.3) is 0 Å². The molecule has 0 saturated carbocycles. The molecule has 1 aromatic rings. The number of nitrogens with zero attached hydrogens (tertiary/aromatic N) is 1. The third-order valence-corrected chi connectivity index (χ3v) is 4.19. The number of benzene rings is 1. The van der Waals surface area contributed by atoms with E-state index in [1.807, 2.05) is 0 Å². The van der Waals surface area contributed by atoms with Crippen LogP contribution in [0.2, 0.25) is 0 Å². The second-order valence-electron chi connectivity index (χ2n) is 5.56. The molecule has 0 aromatic heterocycles. The lowest BCUT2D eigenvalue weighted by atomic mass is 9.96. The SMILES string of the molecule is CCN1CCC(CNC(=O)c2cccc(C)c2O)CC1. The fourth-order valence-corrected chi connectivity index (χ4v) is 2.68. The zero-order chi connectivity index (χ0) is 14.5. The number of aryl methyl sites for hydroxylation is 1. The molecule has 1 heterocycles. The van der Waals surface area contributed by atoms with Gasteiger partial charge in [-0.2, -0.15) is 0 Å². The van der Waals surface area contributed by atoms with E-state index in [-0.39, 0.29) is 11.7 Å². The summed E-state index contributed by atoms with van der Waals surface area (Å²) in [5, 5.41) is 12.9. The van der Waals surface area contributed by atoms with E-state index in [9.17, 15) is 9.90 Å². The second-order valence-corrected chi connectivity index (χ2v) is 5.56. The first kappa shape index (κ1) is 14.9. The van der Waals surface area contributed by atoms with Gasteiger partial charge < -0.3 is 15.3 Å². The molecule has 0 unspecified atom stereocenters. The van der Waals surface area contributed by atoms with Crippen molar-refractivity contribution in [3.05, 3.63) is 29.3 Å². The van der Waals surface area contributed by atoms with Crippen LogP contribution >= 0.6 is 0 Å². The van der Waals surface area contributed by atoms with E-state index in [0.29, 0.717) is 18.0 Å². The summed E-state index contributed by atoms with van der Waals surface area (Å²) in [5.74, 6) is 0.462. The van der Waals surface area contributed by atoms with Gasteiger partial charge in [-0.15, -0.1) is 0 Å². The molecule has 1 saturated heterocycles. The van der Waals surface area contributed by atoms with Crippen LogP contribution < -0.4 is 5.32 Å². The van der Waals surface area contributed by atoms with E-state index in [1.54, 1.807) is 25.1 Å². The Hall–Kier alpha value is -1.55. The standard InChI is InChI=1S/C16H24N2O2/c1-3-18-9-7-13(8-10-18)11-17-16(20)14-6-4-5-12(2)15(14)19/h4-6,13,19H,3,7-11H2,1-2H3,(H,17,20). The highest BCUT2D eigenvalue weighted by atomic mass is 16.3. The molecule has 2 N–H and O–H groups in total. The first-order chi connectivity index (χ1) is 9.61. The van der Waals surface area contributed by atoms with Crippen molar-refractivity contribution in [3.8, 4) is 5.75 Å². The van der Waals surface area contributed by atoms with Crippen molar-refractivity contribution in [1.82, 2.24) is 10.2 Å². The fourth-order valence-electron chi connectivity index (χ4n) is 2.68. The van der Waals surface area contributed by atoms with E-state index in [2.05, 4.69) is 17.1 Å². The Labute approximate surface area is 120 Å². The molecule has 4 nitrogen and oxygen atoms in total. The lowest BCUT2D eigenvalue weighted by Gasteiger charge is -2.31. The minimum atomic E-state index is -0.177. The summed E-state index contributed by atoms with van der Waals surface area (Å²) >= 11 is 0. The first-order valence-corrected chi connectivity index (χ1v) is 7.41. The Morgan fingerprint density at radius 1 is 1.40 bits per heavy atom. The molecule has 1 amide bonds. The molecule has 1 aliphatic heterocycles. The summed E-state index contributed by atoms with van der Waals surface area (Å²) in [6.07, 6.45) is 2.27. The van der Waals surface area contributed by atoms with E-state index in [4.69, 9.17) is 0 Å². The van der Waals surface area contributed by atoms with Crippen molar-refractivity contribution in [2.24, 2.45) is 5.92 Å². The van der Waals surface area contributed by atoms with Gasteiger partial charge in [0.1, 0.15) is 5.75 Å². The number of rotatable bonds is 4. The van der Waals surface area contributed by atoms with Crippen molar-refractivity contribution in [2.75, 3.05) is 26.2 Å². The van der Waals surface area contributed by atoms with Crippen molar-refractivity contribution in [2.45, 2.75) is 26.7 Å². The van der Waals surface area contributed by atoms with Crippen LogP contribution in [0.15, 0.2) is 18.2 Å². The fraction of sp³-hybridized carbons (Fsp3) is 0.562. The van der Waals surface area contributed by atoms with Gasteiger partial charge in [-0.25, -0.2) is 0 Å². The van der Waals surface area contributed by atoms with Crippen LogP contribution in [0, 0.1) is 12.8 Å². The zero-order valence-electron chi connectivity index (χ0n) is 12.4. The molecule has 4 heteroatoms. The summed E-state index contributed by atoms with van der Waals surface area (Å²) in [6, 6.07) is 5.26. The zero-order valence-corrected chi connectivity index (χ0v) is 12.4. The van der Waals surface area contributed by atoms with Gasteiger partial charge in [0.2, 0.25) is 0 Å². The number of carbonyl (C=O) groups excluding carboxylic acids is 1. The van der Waals surface area contributed by atoms with E-state index in [1.165, 1.54) is 0 Å². The third-order valence-electron chi connectivity index (χ3n) is 4.19. The number of phenolic OH excluding ortho intramolecular Hbond substituents is 1. The Kier molecular flexibility index (Phi) is 5.01. The Bertz CT molecular complexity index is 466. The highest BCUT2D eigenvalue weighted by molar-refractivity contribution is 5.97.